The van der Waals surface area contributed by atoms with Gasteiger partial charge in [-0.25, -0.2) is 4.79 Å². The Kier molecular flexibility index (Phi) is 5.19. The maximum absolute atomic E-state index is 12.2. The molecule has 6 heteroatoms. The minimum absolute atomic E-state index is 0.0208. The van der Waals surface area contributed by atoms with Crippen molar-refractivity contribution in [2.75, 3.05) is 11.1 Å². The Morgan fingerprint density at radius 1 is 1.35 bits per heavy atom. The van der Waals surface area contributed by atoms with Crippen molar-refractivity contribution in [2.45, 2.75) is 39.8 Å². The minimum atomic E-state index is -0.400. The van der Waals surface area contributed by atoms with Gasteiger partial charge in [-0.1, -0.05) is 19.9 Å². The number of nitrogens with one attached hydrogen (secondary N) is 1. The predicted molar refractivity (Wildman–Crippen MR) is 83.1 cm³/mol. The van der Waals surface area contributed by atoms with Gasteiger partial charge in [0, 0.05) is 19.6 Å². The molecule has 3 N–H and O–H groups in total. The molecule has 1 heterocycles. The lowest BCUT2D eigenvalue weighted by Crippen LogP contribution is -2.42. The van der Waals surface area contributed by atoms with Crippen molar-refractivity contribution in [1.82, 2.24) is 9.13 Å². The smallest absolute Gasteiger partial charge is 0.332 e. The van der Waals surface area contributed by atoms with Gasteiger partial charge in [0.15, 0.2) is 0 Å². The molecule has 0 radical (unpaired) electrons. The maximum Gasteiger partial charge on any atom is 0.332 e. The van der Waals surface area contributed by atoms with Crippen molar-refractivity contribution in [2.24, 2.45) is 13.0 Å². The van der Waals surface area contributed by atoms with Gasteiger partial charge >= 0.3 is 5.69 Å². The molecule has 20 heavy (non-hydrogen) atoms. The van der Waals surface area contributed by atoms with Crippen LogP contribution in [0.5, 0.6) is 0 Å². The van der Waals surface area contributed by atoms with Gasteiger partial charge in [0.1, 0.15) is 11.5 Å². The fourth-order valence-electron chi connectivity index (χ4n) is 2.02. The fraction of sp³-hybridized carbons (Fsp3) is 0.571. The monoisotopic (exact) mass is 280 g/mol. The summed E-state index contributed by atoms with van der Waals surface area (Å²) >= 11 is 0. The Morgan fingerprint density at radius 2 is 1.95 bits per heavy atom. The van der Waals surface area contributed by atoms with E-state index >= 15 is 0 Å². The van der Waals surface area contributed by atoms with Crippen LogP contribution in [-0.2, 0) is 13.6 Å². The van der Waals surface area contributed by atoms with Crippen LogP contribution in [0.25, 0.3) is 0 Å². The molecule has 0 spiro atoms. The maximum atomic E-state index is 12.2. The number of nitrogens with zero attached hydrogens (tertiary/aromatic N) is 2. The van der Waals surface area contributed by atoms with Crippen LogP contribution in [0, 0.1) is 5.92 Å². The quantitative estimate of drug-likeness (QED) is 0.766. The minimum Gasteiger partial charge on any atom is -0.383 e. The van der Waals surface area contributed by atoms with E-state index in [0.717, 1.165) is 4.57 Å². The third kappa shape index (κ3) is 3.31. The highest BCUT2D eigenvalue weighted by Gasteiger charge is 2.17. The molecule has 1 rings (SSSR count). The SMILES string of the molecule is C=CCC(C)Nc1c(N)n(CC(C)C)c(=O)n(C)c1=O. The second-order valence-electron chi connectivity index (χ2n) is 5.48. The van der Waals surface area contributed by atoms with Crippen LogP contribution in [0.1, 0.15) is 27.2 Å². The summed E-state index contributed by atoms with van der Waals surface area (Å²) < 4.78 is 2.52. The molecule has 1 atom stereocenters. The van der Waals surface area contributed by atoms with E-state index in [1.165, 1.54) is 11.6 Å². The number of aromatic nitrogens is 2. The van der Waals surface area contributed by atoms with E-state index in [2.05, 4.69) is 11.9 Å². The van der Waals surface area contributed by atoms with E-state index in [4.69, 9.17) is 5.73 Å². The molecule has 0 saturated heterocycles. The van der Waals surface area contributed by atoms with Gasteiger partial charge in [0.25, 0.3) is 5.56 Å². The number of hydrogen-bond acceptors (Lipinski definition) is 4. The second kappa shape index (κ2) is 6.45. The highest BCUT2D eigenvalue weighted by atomic mass is 16.2. The van der Waals surface area contributed by atoms with E-state index in [9.17, 15) is 9.59 Å². The molecule has 0 aliphatic heterocycles. The summed E-state index contributed by atoms with van der Waals surface area (Å²) in [5, 5.41) is 3.07. The topological polar surface area (TPSA) is 82.0 Å². The number of hydrogen-bond donors (Lipinski definition) is 2. The van der Waals surface area contributed by atoms with Crippen molar-refractivity contribution in [3.8, 4) is 0 Å². The molecular weight excluding hydrogens is 256 g/mol. The number of nitrogens with two attached hydrogens (primary N) is 1. The third-order valence-electron chi connectivity index (χ3n) is 3.04. The first-order valence-electron chi connectivity index (χ1n) is 6.76. The summed E-state index contributed by atoms with van der Waals surface area (Å²) in [6.07, 6.45) is 2.47. The van der Waals surface area contributed by atoms with E-state index in [-0.39, 0.29) is 29.2 Å². The highest BCUT2D eigenvalue weighted by Crippen LogP contribution is 2.14. The Labute approximate surface area is 118 Å². The van der Waals surface area contributed by atoms with Gasteiger partial charge in [-0.2, -0.15) is 0 Å². The molecule has 1 aromatic rings. The summed E-state index contributed by atoms with van der Waals surface area (Å²) in [4.78, 5) is 24.3. The summed E-state index contributed by atoms with van der Waals surface area (Å²) in [6, 6.07) is 0.0208. The fourth-order valence-corrected chi connectivity index (χ4v) is 2.02. The van der Waals surface area contributed by atoms with Crippen molar-refractivity contribution < 1.29 is 0 Å². The van der Waals surface area contributed by atoms with Gasteiger partial charge in [0.05, 0.1) is 0 Å². The van der Waals surface area contributed by atoms with Gasteiger partial charge in [-0.3, -0.25) is 13.9 Å². The van der Waals surface area contributed by atoms with Crippen LogP contribution in [-0.4, -0.2) is 15.2 Å². The number of anilines is 2. The largest absolute Gasteiger partial charge is 0.383 e. The summed E-state index contributed by atoms with van der Waals surface area (Å²) in [7, 11) is 1.46. The van der Waals surface area contributed by atoms with Gasteiger partial charge in [-0.15, -0.1) is 6.58 Å². The zero-order valence-electron chi connectivity index (χ0n) is 12.6. The number of nitrogen functional groups attached to an aromatic ring is 1. The molecule has 1 aromatic heterocycles. The Morgan fingerprint density at radius 3 is 2.45 bits per heavy atom. The van der Waals surface area contributed by atoms with E-state index < -0.39 is 5.56 Å². The molecule has 0 amide bonds. The molecule has 0 saturated carbocycles. The molecule has 0 aromatic carbocycles. The molecule has 0 fully saturated rings. The van der Waals surface area contributed by atoms with Crippen molar-refractivity contribution in [3.63, 3.8) is 0 Å². The van der Waals surface area contributed by atoms with E-state index in [1.54, 1.807) is 6.08 Å². The third-order valence-corrected chi connectivity index (χ3v) is 3.04. The molecular formula is C14H24N4O2. The summed E-state index contributed by atoms with van der Waals surface area (Å²) in [6.45, 7) is 10.1. The van der Waals surface area contributed by atoms with Crippen molar-refractivity contribution >= 4 is 11.5 Å². The first kappa shape index (κ1) is 16.1. The molecule has 0 aliphatic carbocycles. The van der Waals surface area contributed by atoms with Crippen LogP contribution in [0.15, 0.2) is 22.2 Å². The molecule has 112 valence electrons. The van der Waals surface area contributed by atoms with Crippen LogP contribution in [0.4, 0.5) is 11.5 Å². The van der Waals surface area contributed by atoms with Crippen LogP contribution >= 0.6 is 0 Å². The number of rotatable bonds is 6. The Bertz CT molecular complexity index is 598. The Balaban J connectivity index is 3.37. The molecule has 1 unspecified atom stereocenters. The van der Waals surface area contributed by atoms with Gasteiger partial charge < -0.3 is 11.1 Å². The molecule has 6 nitrogen and oxygen atoms in total. The average Bonchev–Trinajstić information content (AvgIpc) is 2.37. The normalized spacial score (nSPS) is 12.4. The second-order valence-corrected chi connectivity index (χ2v) is 5.48. The van der Waals surface area contributed by atoms with Crippen LogP contribution in [0.3, 0.4) is 0 Å². The van der Waals surface area contributed by atoms with Gasteiger partial charge in [-0.05, 0) is 19.3 Å². The standard InChI is InChI=1S/C14H24N4O2/c1-6-7-10(4)16-11-12(15)18(8-9(2)3)14(20)17(5)13(11)19/h6,9-10,16H,1,7-8,15H2,2-5H3. The Hall–Kier alpha value is -1.98. The zero-order chi connectivity index (χ0) is 15.4. The lowest BCUT2D eigenvalue weighted by atomic mass is 10.2. The summed E-state index contributed by atoms with van der Waals surface area (Å²) in [5.74, 6) is 0.452. The lowest BCUT2D eigenvalue weighted by molar-refractivity contribution is 0.494. The summed E-state index contributed by atoms with van der Waals surface area (Å²) in [5.41, 5.74) is 5.50. The average molecular weight is 280 g/mol. The zero-order valence-corrected chi connectivity index (χ0v) is 12.6. The van der Waals surface area contributed by atoms with Crippen LogP contribution in [0.2, 0.25) is 0 Å². The molecule has 0 bridgehead atoms. The van der Waals surface area contributed by atoms with Crippen molar-refractivity contribution in [1.29, 1.82) is 0 Å². The van der Waals surface area contributed by atoms with Gasteiger partial charge in [0.2, 0.25) is 0 Å². The predicted octanol–water partition coefficient (Wildman–Crippen LogP) is 1.16. The lowest BCUT2D eigenvalue weighted by Gasteiger charge is -2.19. The van der Waals surface area contributed by atoms with Crippen LogP contribution < -0.4 is 22.3 Å². The first-order chi connectivity index (χ1) is 9.29. The van der Waals surface area contributed by atoms with E-state index in [0.29, 0.717) is 13.0 Å². The van der Waals surface area contributed by atoms with Crippen molar-refractivity contribution in [3.05, 3.63) is 33.5 Å². The molecule has 0 aliphatic rings. The first-order valence-corrected chi connectivity index (χ1v) is 6.76. The van der Waals surface area contributed by atoms with E-state index in [1.807, 2.05) is 20.8 Å². The highest BCUT2D eigenvalue weighted by molar-refractivity contribution is 5.61.